The van der Waals surface area contributed by atoms with E-state index in [4.69, 9.17) is 15.0 Å². The fourth-order valence-electron chi connectivity index (χ4n) is 6.79. The van der Waals surface area contributed by atoms with E-state index in [1.165, 1.54) is 17.3 Å². The Morgan fingerprint density at radius 1 is 0.574 bits per heavy atom. The van der Waals surface area contributed by atoms with Gasteiger partial charge in [-0.05, 0) is 79.1 Å². The molecule has 0 saturated carbocycles. The molecule has 2 aliphatic heterocycles. The molecule has 11 heteroatoms. The fraction of sp³-hybridized carbons (Fsp3) is 0.186. The molecule has 0 radical (unpaired) electrons. The second kappa shape index (κ2) is 16.4. The van der Waals surface area contributed by atoms with Gasteiger partial charge in [-0.25, -0.2) is 19.9 Å². The summed E-state index contributed by atoms with van der Waals surface area (Å²) in [6.45, 7) is 2.42. The summed E-state index contributed by atoms with van der Waals surface area (Å²) in [7, 11) is 0. The number of hydrogen-bond donors (Lipinski definition) is 1. The maximum Gasteiger partial charge on any atom is 0.310 e. The van der Waals surface area contributed by atoms with Crippen molar-refractivity contribution in [2.24, 2.45) is 0 Å². The Hall–Kier alpha value is -6.62. The molecule has 0 amide bonds. The van der Waals surface area contributed by atoms with Crippen LogP contribution in [-0.4, -0.2) is 54.5 Å². The Bertz CT molecular complexity index is 2310. The Balaban J connectivity index is 0.000000160. The summed E-state index contributed by atoms with van der Waals surface area (Å²) in [5.41, 5.74) is 7.69. The number of nitrogens with one attached hydrogen (secondary N) is 1. The van der Waals surface area contributed by atoms with Gasteiger partial charge in [0.2, 0.25) is 5.95 Å². The van der Waals surface area contributed by atoms with Gasteiger partial charge in [0.15, 0.2) is 0 Å². The van der Waals surface area contributed by atoms with Crippen LogP contribution in [0.25, 0.3) is 22.5 Å². The summed E-state index contributed by atoms with van der Waals surface area (Å²) >= 11 is 0. The van der Waals surface area contributed by atoms with Crippen LogP contribution in [0.15, 0.2) is 134 Å². The zero-order valence-corrected chi connectivity index (χ0v) is 29.8. The first kappa shape index (κ1) is 34.5. The van der Waals surface area contributed by atoms with E-state index in [-0.39, 0.29) is 0 Å². The van der Waals surface area contributed by atoms with E-state index in [0.29, 0.717) is 11.8 Å². The van der Waals surface area contributed by atoms with E-state index in [1.807, 2.05) is 84.0 Å². The van der Waals surface area contributed by atoms with Gasteiger partial charge < -0.3 is 15.1 Å². The van der Waals surface area contributed by atoms with Crippen LogP contribution in [0, 0.1) is 6.08 Å². The molecule has 0 saturated heterocycles. The lowest BCUT2D eigenvalue weighted by Gasteiger charge is -2.29. The first-order valence-electron chi connectivity index (χ1n) is 18.3. The smallest absolute Gasteiger partial charge is 0.310 e. The van der Waals surface area contributed by atoms with Crippen molar-refractivity contribution < 1.29 is 4.39 Å². The van der Waals surface area contributed by atoms with Crippen LogP contribution in [0.5, 0.6) is 0 Å². The average molecular weight is 715 g/mol. The van der Waals surface area contributed by atoms with Gasteiger partial charge in [0.05, 0.1) is 11.4 Å². The van der Waals surface area contributed by atoms with Crippen molar-refractivity contribution in [1.29, 1.82) is 0 Å². The number of halogens is 1. The lowest BCUT2D eigenvalue weighted by Crippen LogP contribution is -2.27. The maximum atomic E-state index is 13.4. The molecule has 9 rings (SSSR count). The molecule has 0 bridgehead atoms. The first-order chi connectivity index (χ1) is 26.7. The third-order valence-electron chi connectivity index (χ3n) is 9.44. The van der Waals surface area contributed by atoms with Gasteiger partial charge in [0.1, 0.15) is 23.3 Å². The highest BCUT2D eigenvalue weighted by molar-refractivity contribution is 5.69. The van der Waals surface area contributed by atoms with Crippen molar-refractivity contribution in [3.63, 3.8) is 0 Å². The Morgan fingerprint density at radius 3 is 1.74 bits per heavy atom. The molecule has 54 heavy (non-hydrogen) atoms. The summed E-state index contributed by atoms with van der Waals surface area (Å²) in [6, 6.07) is 36.5. The summed E-state index contributed by atoms with van der Waals surface area (Å²) in [4.78, 5) is 34.8. The number of nitrogens with zero attached hydrogens (tertiary/aromatic N) is 9. The van der Waals surface area contributed by atoms with Crippen LogP contribution >= 0.6 is 0 Å². The summed E-state index contributed by atoms with van der Waals surface area (Å²) in [6.07, 6.45) is 11.2. The van der Waals surface area contributed by atoms with Crippen molar-refractivity contribution in [3.05, 3.63) is 157 Å². The maximum absolute atomic E-state index is 13.4. The van der Waals surface area contributed by atoms with Crippen LogP contribution in [0.2, 0.25) is 0 Å². The quantitative estimate of drug-likeness (QED) is 0.154. The molecule has 0 spiro atoms. The molecule has 7 aromatic rings. The molecule has 1 N–H and O–H groups in total. The number of hydrogen-bond acceptors (Lipinski definition) is 10. The molecule has 0 aliphatic carbocycles. The van der Waals surface area contributed by atoms with Gasteiger partial charge in [0.25, 0.3) is 0 Å². The molecule has 7 heterocycles. The molecular formula is C43H39FN10. The molecule has 0 atom stereocenters. The Kier molecular flexibility index (Phi) is 10.4. The second-order valence-corrected chi connectivity index (χ2v) is 13.1. The molecule has 2 aliphatic rings. The van der Waals surface area contributed by atoms with Crippen molar-refractivity contribution in [2.75, 3.05) is 34.8 Å². The largest absolute Gasteiger partial charge is 0.354 e. The van der Waals surface area contributed by atoms with Crippen LogP contribution in [0.1, 0.15) is 29.5 Å². The Morgan fingerprint density at radius 2 is 1.17 bits per heavy atom. The number of aryl methyl sites for hydroxylation is 2. The average Bonchev–Trinajstić information content (AvgIpc) is 3.24. The number of rotatable bonds is 8. The molecule has 10 nitrogen and oxygen atoms in total. The van der Waals surface area contributed by atoms with E-state index in [1.54, 1.807) is 12.3 Å². The molecular weight excluding hydrogens is 676 g/mol. The second-order valence-electron chi connectivity index (χ2n) is 13.1. The van der Waals surface area contributed by atoms with Crippen molar-refractivity contribution in [3.8, 4) is 22.5 Å². The van der Waals surface area contributed by atoms with Crippen molar-refractivity contribution in [2.45, 2.75) is 32.1 Å². The van der Waals surface area contributed by atoms with Gasteiger partial charge in [-0.1, -0.05) is 78.9 Å². The molecule has 0 unspecified atom stereocenters. The minimum Gasteiger partial charge on any atom is -0.354 e. The standard InChI is InChI=1S/C25H24N6.C18H15FN4/c1-2-7-20(8-3-1)22-11-10-21-9-5-17-31(24(21)29-22)23-13-16-28-25(30-23)27-15-12-19-6-4-14-26-18-19;19-18-20-11-10-16(22-18)23-12-4-7-14-8-9-15(21-17(14)23)13-5-2-1-3-6-13/h1-4,6-8,10-11,13-14,16,18H,5,9,12,15,17H2,(H,27,28,30);1-3,5-6,8-11H,4,7,12H2. The van der Waals surface area contributed by atoms with Gasteiger partial charge >= 0.3 is 6.08 Å². The topological polar surface area (TPSA) is 109 Å². The van der Waals surface area contributed by atoms with Gasteiger partial charge in [-0.15, -0.1) is 0 Å². The monoisotopic (exact) mass is 714 g/mol. The van der Waals surface area contributed by atoms with E-state index in [0.717, 1.165) is 97.3 Å². The molecule has 5 aromatic heterocycles. The fourth-order valence-corrected chi connectivity index (χ4v) is 6.79. The molecule has 268 valence electrons. The van der Waals surface area contributed by atoms with E-state index >= 15 is 0 Å². The Labute approximate surface area is 313 Å². The van der Waals surface area contributed by atoms with Gasteiger partial charge in [-0.3, -0.25) is 4.98 Å². The first-order valence-corrected chi connectivity index (χ1v) is 18.3. The number of pyridine rings is 3. The zero-order chi connectivity index (χ0) is 36.5. The highest BCUT2D eigenvalue weighted by Gasteiger charge is 2.23. The van der Waals surface area contributed by atoms with E-state index < -0.39 is 6.08 Å². The van der Waals surface area contributed by atoms with Gasteiger partial charge in [-0.2, -0.15) is 14.4 Å². The SMILES string of the molecule is Fc1nccc(N2CCCc3ccc(-c4ccccc4)nc32)n1.c1ccc(-c2ccc3c(n2)N(c2ccnc(NCCc4cccnc4)n2)CCC3)cc1. The lowest BCUT2D eigenvalue weighted by atomic mass is 10.0. The van der Waals surface area contributed by atoms with Gasteiger partial charge in [0, 0.05) is 55.5 Å². The lowest BCUT2D eigenvalue weighted by molar-refractivity contribution is 0.537. The van der Waals surface area contributed by atoms with Crippen LogP contribution < -0.4 is 15.1 Å². The van der Waals surface area contributed by atoms with Crippen LogP contribution in [0.3, 0.4) is 0 Å². The predicted octanol–water partition coefficient (Wildman–Crippen LogP) is 8.43. The normalized spacial score (nSPS) is 13.3. The van der Waals surface area contributed by atoms with Crippen LogP contribution in [0.4, 0.5) is 33.6 Å². The molecule has 2 aromatic carbocycles. The number of aromatic nitrogens is 7. The summed E-state index contributed by atoms with van der Waals surface area (Å²) in [5.74, 6) is 3.91. The highest BCUT2D eigenvalue weighted by atomic mass is 19.1. The minimum absolute atomic E-state index is 0.552. The number of fused-ring (bicyclic) bond motifs is 2. The van der Waals surface area contributed by atoms with E-state index in [2.05, 4.69) is 66.6 Å². The summed E-state index contributed by atoms with van der Waals surface area (Å²) < 4.78 is 13.4. The minimum atomic E-state index is -0.714. The van der Waals surface area contributed by atoms with E-state index in [9.17, 15) is 4.39 Å². The van der Waals surface area contributed by atoms with Crippen molar-refractivity contribution >= 4 is 29.2 Å². The number of anilines is 5. The predicted molar refractivity (Wildman–Crippen MR) is 210 cm³/mol. The third-order valence-corrected chi connectivity index (χ3v) is 9.44. The number of benzene rings is 2. The molecule has 0 fully saturated rings. The van der Waals surface area contributed by atoms with Crippen LogP contribution in [-0.2, 0) is 19.3 Å². The summed E-state index contributed by atoms with van der Waals surface area (Å²) in [5, 5.41) is 3.34. The van der Waals surface area contributed by atoms with Crippen molar-refractivity contribution in [1.82, 2.24) is 34.9 Å². The highest BCUT2D eigenvalue weighted by Crippen LogP contribution is 2.34. The zero-order valence-electron chi connectivity index (χ0n) is 29.8. The third kappa shape index (κ3) is 8.05.